The summed E-state index contributed by atoms with van der Waals surface area (Å²) in [7, 11) is -4.07. The number of rotatable bonds is 6. The van der Waals surface area contributed by atoms with Crippen molar-refractivity contribution in [1.82, 2.24) is 14.1 Å². The first-order chi connectivity index (χ1) is 19.0. The number of carbonyl (C=O) groups is 2. The second-order valence-corrected chi connectivity index (χ2v) is 13.1. The molecule has 0 atom stereocenters. The number of para-hydroxylation sites is 1. The molecule has 0 aromatic heterocycles. The summed E-state index contributed by atoms with van der Waals surface area (Å²) < 4.78 is 28.1. The van der Waals surface area contributed by atoms with E-state index in [2.05, 4.69) is 6.92 Å². The van der Waals surface area contributed by atoms with Crippen molar-refractivity contribution < 1.29 is 22.9 Å². The van der Waals surface area contributed by atoms with Crippen molar-refractivity contribution in [2.24, 2.45) is 5.92 Å². The van der Waals surface area contributed by atoms with Gasteiger partial charge in [-0.1, -0.05) is 36.7 Å². The zero-order valence-corrected chi connectivity index (χ0v) is 23.8. The lowest BCUT2D eigenvalue weighted by molar-refractivity contribution is -0.384. The first-order valence-corrected chi connectivity index (χ1v) is 15.2. The molecule has 1 spiro atoms. The molecule has 2 amide bonds. The Morgan fingerprint density at radius 2 is 1.73 bits per heavy atom. The topological polar surface area (TPSA) is 124 Å². The van der Waals surface area contributed by atoms with Gasteiger partial charge in [-0.3, -0.25) is 19.7 Å². The van der Waals surface area contributed by atoms with Gasteiger partial charge in [0, 0.05) is 37.9 Å². The number of amides is 2. The Kier molecular flexibility index (Phi) is 7.77. The Balaban J connectivity index is 1.37. The van der Waals surface area contributed by atoms with Gasteiger partial charge in [-0.15, -0.1) is 0 Å². The standard InChI is InChI=1S/C27H32ClN5O6S/c1-20-9-13-29(14-10-20)25(34)18-30-19-32(21-5-3-2-4-6-21)27(26(30)35)11-15-31(16-12-27)40(38,39)22-7-8-23(28)24(17-22)33(36)37/h2-8,17,20H,9-16,18-19H2,1H3. The van der Waals surface area contributed by atoms with Gasteiger partial charge in [0.1, 0.15) is 17.1 Å². The maximum atomic E-state index is 14.0. The second kappa shape index (κ2) is 11.0. The van der Waals surface area contributed by atoms with Crippen LogP contribution < -0.4 is 4.90 Å². The third-order valence-corrected chi connectivity index (χ3v) is 10.6. The molecule has 0 bridgehead atoms. The van der Waals surface area contributed by atoms with Crippen LogP contribution in [0, 0.1) is 16.0 Å². The number of nitro benzene ring substituents is 1. The molecule has 0 saturated carbocycles. The van der Waals surface area contributed by atoms with Gasteiger partial charge in [-0.05, 0) is 55.9 Å². The fourth-order valence-corrected chi connectivity index (χ4v) is 7.53. The molecule has 3 heterocycles. The molecule has 11 nitrogen and oxygen atoms in total. The summed E-state index contributed by atoms with van der Waals surface area (Å²) in [6.45, 7) is 3.84. The number of benzene rings is 2. The number of piperidine rings is 2. The summed E-state index contributed by atoms with van der Waals surface area (Å²) in [6, 6.07) is 12.9. The first-order valence-electron chi connectivity index (χ1n) is 13.4. The van der Waals surface area contributed by atoms with Crippen molar-refractivity contribution in [3.63, 3.8) is 0 Å². The molecule has 0 aliphatic carbocycles. The summed E-state index contributed by atoms with van der Waals surface area (Å²) in [5.41, 5.74) is -0.668. The summed E-state index contributed by atoms with van der Waals surface area (Å²) in [5.74, 6) is 0.318. The number of anilines is 1. The van der Waals surface area contributed by atoms with Gasteiger partial charge < -0.3 is 14.7 Å². The highest BCUT2D eigenvalue weighted by Gasteiger charge is 2.55. The Hall–Kier alpha value is -3.22. The van der Waals surface area contributed by atoms with E-state index in [0.717, 1.165) is 24.6 Å². The van der Waals surface area contributed by atoms with Gasteiger partial charge in [-0.2, -0.15) is 4.31 Å². The van der Waals surface area contributed by atoms with Crippen LogP contribution in [0.2, 0.25) is 5.02 Å². The average Bonchev–Trinajstić information content (AvgIpc) is 3.20. The van der Waals surface area contributed by atoms with E-state index in [0.29, 0.717) is 19.0 Å². The van der Waals surface area contributed by atoms with Crippen molar-refractivity contribution in [2.75, 3.05) is 44.3 Å². The minimum atomic E-state index is -4.07. The van der Waals surface area contributed by atoms with Crippen LogP contribution in [0.25, 0.3) is 0 Å². The van der Waals surface area contributed by atoms with Crippen LogP contribution in [0.1, 0.15) is 32.6 Å². The monoisotopic (exact) mass is 589 g/mol. The number of halogens is 1. The number of hydrogen-bond donors (Lipinski definition) is 0. The Morgan fingerprint density at radius 3 is 2.35 bits per heavy atom. The minimum Gasteiger partial charge on any atom is -0.341 e. The van der Waals surface area contributed by atoms with Crippen LogP contribution in [-0.4, -0.2) is 84.2 Å². The third kappa shape index (κ3) is 5.15. The predicted molar refractivity (Wildman–Crippen MR) is 149 cm³/mol. The molecule has 3 fully saturated rings. The molecular weight excluding hydrogens is 558 g/mol. The van der Waals surface area contributed by atoms with Gasteiger partial charge in [0.2, 0.25) is 21.8 Å². The van der Waals surface area contributed by atoms with Crippen molar-refractivity contribution in [3.8, 4) is 0 Å². The molecule has 0 unspecified atom stereocenters. The van der Waals surface area contributed by atoms with E-state index in [4.69, 9.17) is 11.6 Å². The molecule has 0 radical (unpaired) electrons. The lowest BCUT2D eigenvalue weighted by Gasteiger charge is -2.42. The van der Waals surface area contributed by atoms with Crippen LogP contribution in [0.4, 0.5) is 11.4 Å². The van der Waals surface area contributed by atoms with Gasteiger partial charge in [-0.25, -0.2) is 8.42 Å². The van der Waals surface area contributed by atoms with Crippen molar-refractivity contribution >= 4 is 44.8 Å². The van der Waals surface area contributed by atoms with Gasteiger partial charge >= 0.3 is 0 Å². The SMILES string of the molecule is CC1CCN(C(=O)CN2CN(c3ccccc3)C3(CCN(S(=O)(=O)c4ccc(Cl)c([N+](=O)[O-])c4)CC3)C2=O)CC1. The largest absolute Gasteiger partial charge is 0.341 e. The molecule has 3 aliphatic rings. The molecule has 0 N–H and O–H groups in total. The van der Waals surface area contributed by atoms with E-state index in [1.54, 1.807) is 4.90 Å². The highest BCUT2D eigenvalue weighted by atomic mass is 35.5. The predicted octanol–water partition coefficient (Wildman–Crippen LogP) is 3.34. The second-order valence-electron chi connectivity index (χ2n) is 10.8. The maximum absolute atomic E-state index is 14.0. The summed E-state index contributed by atoms with van der Waals surface area (Å²) in [5, 5.41) is 11.2. The fraction of sp³-hybridized carbons (Fsp3) is 0.481. The van der Waals surface area contributed by atoms with Crippen molar-refractivity contribution in [2.45, 2.75) is 43.0 Å². The number of carbonyl (C=O) groups excluding carboxylic acids is 2. The quantitative estimate of drug-likeness (QED) is 0.374. The smallest absolute Gasteiger partial charge is 0.289 e. The molecule has 13 heteroatoms. The van der Waals surface area contributed by atoms with E-state index in [1.807, 2.05) is 40.1 Å². The van der Waals surface area contributed by atoms with Crippen molar-refractivity contribution in [1.29, 1.82) is 0 Å². The molecule has 214 valence electrons. The number of hydrogen-bond acceptors (Lipinski definition) is 7. The van der Waals surface area contributed by atoms with Crippen molar-refractivity contribution in [3.05, 3.63) is 63.7 Å². The number of sulfonamides is 1. The number of nitro groups is 1. The maximum Gasteiger partial charge on any atom is 0.289 e. The Morgan fingerprint density at radius 1 is 1.07 bits per heavy atom. The van der Waals surface area contributed by atoms with Gasteiger partial charge in [0.25, 0.3) is 5.69 Å². The highest BCUT2D eigenvalue weighted by Crippen LogP contribution is 2.41. The fourth-order valence-electron chi connectivity index (χ4n) is 5.88. The van der Waals surface area contributed by atoms with E-state index in [9.17, 15) is 28.1 Å². The zero-order chi connectivity index (χ0) is 28.7. The molecule has 5 rings (SSSR count). The van der Waals surface area contributed by atoms with Gasteiger partial charge in [0.15, 0.2) is 0 Å². The van der Waals surface area contributed by atoms with Crippen LogP contribution in [-0.2, 0) is 19.6 Å². The average molecular weight is 590 g/mol. The lowest BCUT2D eigenvalue weighted by Crippen LogP contribution is -2.57. The Labute approximate surface area is 238 Å². The number of nitrogens with zero attached hydrogens (tertiary/aromatic N) is 5. The minimum absolute atomic E-state index is 0.0191. The summed E-state index contributed by atoms with van der Waals surface area (Å²) >= 11 is 5.88. The number of likely N-dealkylation sites (tertiary alicyclic amines) is 1. The van der Waals surface area contributed by atoms with Crippen LogP contribution in [0.3, 0.4) is 0 Å². The lowest BCUT2D eigenvalue weighted by atomic mass is 9.86. The van der Waals surface area contributed by atoms with E-state index in [1.165, 1.54) is 16.4 Å². The molecular formula is C27H32ClN5O6S. The molecule has 3 saturated heterocycles. The van der Waals surface area contributed by atoms with Crippen LogP contribution >= 0.6 is 11.6 Å². The molecule has 40 heavy (non-hydrogen) atoms. The van der Waals surface area contributed by atoms with E-state index in [-0.39, 0.29) is 60.9 Å². The molecule has 2 aromatic carbocycles. The van der Waals surface area contributed by atoms with E-state index >= 15 is 0 Å². The van der Waals surface area contributed by atoms with Crippen LogP contribution in [0.5, 0.6) is 0 Å². The van der Waals surface area contributed by atoms with E-state index < -0.39 is 26.2 Å². The third-order valence-electron chi connectivity index (χ3n) is 8.35. The molecule has 2 aromatic rings. The van der Waals surface area contributed by atoms with Crippen LogP contribution in [0.15, 0.2) is 53.4 Å². The normalized spacial score (nSPS) is 20.4. The van der Waals surface area contributed by atoms with Gasteiger partial charge in [0.05, 0.1) is 16.5 Å². The summed E-state index contributed by atoms with van der Waals surface area (Å²) in [6.07, 6.45) is 2.31. The first kappa shape index (κ1) is 28.3. The molecule has 3 aliphatic heterocycles. The highest BCUT2D eigenvalue weighted by molar-refractivity contribution is 7.89. The zero-order valence-electron chi connectivity index (χ0n) is 22.2. The Bertz CT molecular complexity index is 1410. The summed E-state index contributed by atoms with van der Waals surface area (Å²) in [4.78, 5) is 42.9.